The van der Waals surface area contributed by atoms with E-state index in [-0.39, 0.29) is 5.54 Å². The van der Waals surface area contributed by atoms with E-state index in [2.05, 4.69) is 22.4 Å². The third kappa shape index (κ3) is 2.60. The molecular formula is C14H17Cl2N5. The van der Waals surface area contributed by atoms with Crippen molar-refractivity contribution in [3.63, 3.8) is 0 Å². The predicted octanol–water partition coefficient (Wildman–Crippen LogP) is 3.91. The molecule has 3 rings (SSSR count). The maximum absolute atomic E-state index is 6.12. The van der Waals surface area contributed by atoms with Crippen molar-refractivity contribution >= 4 is 28.9 Å². The highest BCUT2D eigenvalue weighted by molar-refractivity contribution is 6.43. The molecule has 0 radical (unpaired) electrons. The van der Waals surface area contributed by atoms with Crippen LogP contribution < -0.4 is 5.73 Å². The lowest BCUT2D eigenvalue weighted by Gasteiger charge is -2.34. The van der Waals surface area contributed by atoms with Crippen molar-refractivity contribution in [1.29, 1.82) is 0 Å². The van der Waals surface area contributed by atoms with Gasteiger partial charge in [-0.15, -0.1) is 5.10 Å². The second kappa shape index (κ2) is 5.46. The number of nitrogens with zero attached hydrogens (tertiary/aromatic N) is 4. The first kappa shape index (κ1) is 14.6. The van der Waals surface area contributed by atoms with Gasteiger partial charge >= 0.3 is 0 Å². The quantitative estimate of drug-likeness (QED) is 0.850. The zero-order chi connectivity index (χ0) is 15.0. The first-order chi connectivity index (χ1) is 10.0. The molecule has 0 bridgehead atoms. The van der Waals surface area contributed by atoms with Gasteiger partial charge in [-0.05, 0) is 42.3 Å². The molecule has 7 heteroatoms. The summed E-state index contributed by atoms with van der Waals surface area (Å²) in [7, 11) is 0. The maximum Gasteiger partial charge on any atom is 0.182 e. The lowest BCUT2D eigenvalue weighted by molar-refractivity contribution is 0.197. The number of hydrogen-bond acceptors (Lipinski definition) is 4. The molecule has 1 aromatic carbocycles. The number of nitrogens with two attached hydrogens (primary N) is 1. The van der Waals surface area contributed by atoms with E-state index in [1.807, 2.05) is 4.68 Å². The van der Waals surface area contributed by atoms with Crippen molar-refractivity contribution in [1.82, 2.24) is 20.2 Å². The topological polar surface area (TPSA) is 69.6 Å². The molecule has 0 aliphatic heterocycles. The number of anilines is 1. The smallest absolute Gasteiger partial charge is 0.182 e. The largest absolute Gasteiger partial charge is 0.397 e. The van der Waals surface area contributed by atoms with Crippen LogP contribution in [0.5, 0.6) is 0 Å². The molecule has 21 heavy (non-hydrogen) atoms. The van der Waals surface area contributed by atoms with Crippen molar-refractivity contribution in [3.8, 4) is 11.4 Å². The molecule has 112 valence electrons. The summed E-state index contributed by atoms with van der Waals surface area (Å²) in [6.07, 6.45) is 5.80. The summed E-state index contributed by atoms with van der Waals surface area (Å²) in [5, 5.41) is 13.0. The van der Waals surface area contributed by atoms with Gasteiger partial charge < -0.3 is 5.73 Å². The number of aromatic nitrogens is 4. The first-order valence-corrected chi connectivity index (χ1v) is 7.81. The van der Waals surface area contributed by atoms with Crippen LogP contribution in [-0.2, 0) is 5.54 Å². The van der Waals surface area contributed by atoms with Gasteiger partial charge in [0, 0.05) is 5.56 Å². The highest BCUT2D eigenvalue weighted by Crippen LogP contribution is 2.38. The van der Waals surface area contributed by atoms with E-state index in [1.165, 1.54) is 19.3 Å². The van der Waals surface area contributed by atoms with E-state index in [0.29, 0.717) is 21.6 Å². The molecule has 0 spiro atoms. The van der Waals surface area contributed by atoms with Gasteiger partial charge in [-0.1, -0.05) is 42.5 Å². The number of benzene rings is 1. The van der Waals surface area contributed by atoms with Crippen molar-refractivity contribution < 1.29 is 0 Å². The summed E-state index contributed by atoms with van der Waals surface area (Å²) in [5.41, 5.74) is 7.06. The summed E-state index contributed by atoms with van der Waals surface area (Å²) in [4.78, 5) is 0. The van der Waals surface area contributed by atoms with Gasteiger partial charge in [-0.3, -0.25) is 0 Å². The van der Waals surface area contributed by atoms with Crippen LogP contribution in [0.25, 0.3) is 11.4 Å². The Balaban J connectivity index is 2.07. The third-order valence-electron chi connectivity index (χ3n) is 4.23. The number of nitrogen functional groups attached to an aromatic ring is 1. The molecule has 1 heterocycles. The summed E-state index contributed by atoms with van der Waals surface area (Å²) in [5.74, 6) is 0.685. The van der Waals surface area contributed by atoms with Crippen LogP contribution in [0, 0.1) is 0 Å². The zero-order valence-electron chi connectivity index (χ0n) is 11.8. The minimum absolute atomic E-state index is 0.0576. The van der Waals surface area contributed by atoms with Crippen molar-refractivity contribution in [2.45, 2.75) is 44.6 Å². The molecule has 1 aliphatic carbocycles. The molecular weight excluding hydrogens is 309 g/mol. The van der Waals surface area contributed by atoms with E-state index in [0.717, 1.165) is 18.4 Å². The lowest BCUT2D eigenvalue weighted by Crippen LogP contribution is -2.34. The molecule has 1 saturated carbocycles. The van der Waals surface area contributed by atoms with Crippen LogP contribution >= 0.6 is 23.2 Å². The van der Waals surface area contributed by atoms with Crippen LogP contribution in [0.4, 0.5) is 5.69 Å². The fourth-order valence-electron chi connectivity index (χ4n) is 3.00. The second-order valence-corrected chi connectivity index (χ2v) is 6.62. The van der Waals surface area contributed by atoms with Gasteiger partial charge in [0.15, 0.2) is 5.82 Å². The zero-order valence-corrected chi connectivity index (χ0v) is 13.3. The number of halogens is 2. The number of tetrazole rings is 1. The maximum atomic E-state index is 6.12. The van der Waals surface area contributed by atoms with Crippen LogP contribution in [0.1, 0.15) is 39.0 Å². The van der Waals surface area contributed by atoms with Crippen LogP contribution in [0.3, 0.4) is 0 Å². The van der Waals surface area contributed by atoms with Gasteiger partial charge in [0.25, 0.3) is 0 Å². The van der Waals surface area contributed by atoms with Crippen LogP contribution in [0.2, 0.25) is 10.0 Å². The number of hydrogen-bond donors (Lipinski definition) is 1. The lowest BCUT2D eigenvalue weighted by atomic mass is 9.83. The van der Waals surface area contributed by atoms with Gasteiger partial charge in [0.2, 0.25) is 0 Å². The molecule has 0 unspecified atom stereocenters. The molecule has 5 nitrogen and oxygen atoms in total. The molecule has 2 N–H and O–H groups in total. The van der Waals surface area contributed by atoms with Crippen molar-refractivity contribution in [2.24, 2.45) is 0 Å². The Morgan fingerprint density at radius 2 is 1.90 bits per heavy atom. The van der Waals surface area contributed by atoms with E-state index >= 15 is 0 Å². The molecule has 0 amide bonds. The predicted molar refractivity (Wildman–Crippen MR) is 84.4 cm³/mol. The van der Waals surface area contributed by atoms with E-state index < -0.39 is 0 Å². The Kier molecular flexibility index (Phi) is 3.80. The monoisotopic (exact) mass is 325 g/mol. The highest BCUT2D eigenvalue weighted by Gasteiger charge is 2.32. The van der Waals surface area contributed by atoms with E-state index in [1.54, 1.807) is 12.1 Å². The summed E-state index contributed by atoms with van der Waals surface area (Å²) in [6, 6.07) is 3.53. The molecule has 0 atom stereocenters. The minimum atomic E-state index is -0.0576. The highest BCUT2D eigenvalue weighted by atomic mass is 35.5. The molecule has 0 saturated heterocycles. The average Bonchev–Trinajstić information content (AvgIpc) is 2.95. The fraction of sp³-hybridized carbons (Fsp3) is 0.500. The molecule has 2 aromatic rings. The van der Waals surface area contributed by atoms with E-state index in [4.69, 9.17) is 28.9 Å². The Morgan fingerprint density at radius 1 is 1.19 bits per heavy atom. The van der Waals surface area contributed by atoms with Crippen LogP contribution in [-0.4, -0.2) is 20.2 Å². The van der Waals surface area contributed by atoms with Gasteiger partial charge in [-0.2, -0.15) is 0 Å². The van der Waals surface area contributed by atoms with Gasteiger partial charge in [0.1, 0.15) is 0 Å². The Morgan fingerprint density at radius 3 is 2.57 bits per heavy atom. The first-order valence-electron chi connectivity index (χ1n) is 7.05. The Labute approximate surface area is 133 Å². The average molecular weight is 326 g/mol. The standard InChI is InChI=1S/C14H17Cl2N5/c1-14(5-3-2-4-6-14)21-13(18-19-20-21)9-7-10(15)12(16)11(17)8-9/h7-8H,2-6,17H2,1H3. The van der Waals surface area contributed by atoms with Crippen molar-refractivity contribution in [3.05, 3.63) is 22.2 Å². The SMILES string of the molecule is CC1(n2nnnc2-c2cc(N)c(Cl)c(Cl)c2)CCCCC1. The van der Waals surface area contributed by atoms with Crippen LogP contribution in [0.15, 0.2) is 12.1 Å². The number of rotatable bonds is 2. The summed E-state index contributed by atoms with van der Waals surface area (Å²) >= 11 is 12.1. The van der Waals surface area contributed by atoms with Gasteiger partial charge in [-0.25, -0.2) is 4.68 Å². The molecule has 1 aliphatic rings. The van der Waals surface area contributed by atoms with Gasteiger partial charge in [0.05, 0.1) is 21.3 Å². The molecule has 1 fully saturated rings. The molecule has 1 aromatic heterocycles. The minimum Gasteiger partial charge on any atom is -0.397 e. The second-order valence-electron chi connectivity index (χ2n) is 5.83. The fourth-order valence-corrected chi connectivity index (χ4v) is 3.33. The third-order valence-corrected chi connectivity index (χ3v) is 5.04. The Hall–Kier alpha value is -1.33. The summed E-state index contributed by atoms with van der Waals surface area (Å²) < 4.78 is 1.91. The van der Waals surface area contributed by atoms with E-state index in [9.17, 15) is 0 Å². The van der Waals surface area contributed by atoms with Crippen molar-refractivity contribution in [2.75, 3.05) is 5.73 Å². The normalized spacial score (nSPS) is 17.9. The summed E-state index contributed by atoms with van der Waals surface area (Å²) in [6.45, 7) is 2.20. The Bertz CT molecular complexity index is 638.